The molecule has 2 aliphatic rings. The molecule has 0 aromatic heterocycles. The molecule has 2 aromatic rings. The number of anilines is 1. The van der Waals surface area contributed by atoms with Crippen LogP contribution in [0.1, 0.15) is 48.0 Å². The molecule has 0 spiro atoms. The summed E-state index contributed by atoms with van der Waals surface area (Å²) in [7, 11) is -3.22. The monoisotopic (exact) mass is 385 g/mol. The zero-order chi connectivity index (χ0) is 18.9. The fourth-order valence-electron chi connectivity index (χ4n) is 3.75. The van der Waals surface area contributed by atoms with Gasteiger partial charge in [0, 0.05) is 11.3 Å². The van der Waals surface area contributed by atoms with E-state index in [9.17, 15) is 13.2 Å². The van der Waals surface area contributed by atoms with Crippen LogP contribution in [0.25, 0.3) is 0 Å². The Morgan fingerprint density at radius 3 is 2.48 bits per heavy atom. The molecule has 1 saturated carbocycles. The summed E-state index contributed by atoms with van der Waals surface area (Å²) >= 11 is 0. The van der Waals surface area contributed by atoms with Gasteiger partial charge in [0.1, 0.15) is 5.75 Å². The number of carbonyl (C=O) groups excluding carboxylic acids is 1. The zero-order valence-corrected chi connectivity index (χ0v) is 15.9. The third-order valence-corrected chi connectivity index (χ3v) is 7.06. The Bertz CT molecular complexity index is 945. The Labute approximate surface area is 159 Å². The van der Waals surface area contributed by atoms with Crippen LogP contribution in [0.2, 0.25) is 0 Å². The normalized spacial score (nSPS) is 18.7. The molecule has 0 atom stereocenters. The number of hydrogen-bond acceptors (Lipinski definition) is 4. The summed E-state index contributed by atoms with van der Waals surface area (Å²) in [5.41, 5.74) is 1.82. The molecule has 0 unspecified atom stereocenters. The first-order valence-corrected chi connectivity index (χ1v) is 11.1. The average molecular weight is 385 g/mol. The van der Waals surface area contributed by atoms with Crippen molar-refractivity contribution in [2.45, 2.75) is 49.5 Å². The lowest BCUT2D eigenvalue weighted by atomic mass is 9.98. The molecule has 1 amide bonds. The van der Waals surface area contributed by atoms with Gasteiger partial charge in [-0.05, 0) is 74.1 Å². The van der Waals surface area contributed by atoms with Crippen LogP contribution < -0.4 is 10.1 Å². The van der Waals surface area contributed by atoms with Crippen LogP contribution in [0, 0.1) is 0 Å². The first kappa shape index (κ1) is 18.0. The summed E-state index contributed by atoms with van der Waals surface area (Å²) in [6.45, 7) is 0. The Balaban J connectivity index is 1.43. The highest BCUT2D eigenvalue weighted by Gasteiger charge is 2.26. The first-order valence-electron chi connectivity index (χ1n) is 9.45. The summed E-state index contributed by atoms with van der Waals surface area (Å²) in [4.78, 5) is 12.8. The van der Waals surface area contributed by atoms with E-state index in [0.29, 0.717) is 22.6 Å². The van der Waals surface area contributed by atoms with Crippen molar-refractivity contribution in [2.24, 2.45) is 0 Å². The molecule has 4 rings (SSSR count). The Hall–Kier alpha value is -2.34. The van der Waals surface area contributed by atoms with E-state index in [4.69, 9.17) is 4.74 Å². The number of aryl methyl sites for hydroxylation is 1. The van der Waals surface area contributed by atoms with Crippen molar-refractivity contribution < 1.29 is 17.9 Å². The van der Waals surface area contributed by atoms with Crippen LogP contribution in [0.5, 0.6) is 5.75 Å². The van der Waals surface area contributed by atoms with Gasteiger partial charge in [0.15, 0.2) is 9.84 Å². The van der Waals surface area contributed by atoms with E-state index in [0.717, 1.165) is 24.2 Å². The Morgan fingerprint density at radius 2 is 1.74 bits per heavy atom. The number of hydrogen-bond donors (Lipinski definition) is 1. The highest BCUT2D eigenvalue weighted by atomic mass is 32.2. The van der Waals surface area contributed by atoms with E-state index < -0.39 is 9.84 Å². The lowest BCUT2D eigenvalue weighted by molar-refractivity contribution is 0.102. The second-order valence-electron chi connectivity index (χ2n) is 7.25. The third-order valence-electron chi connectivity index (χ3n) is 5.27. The number of nitrogens with one attached hydrogen (secondary N) is 1. The van der Waals surface area contributed by atoms with Crippen molar-refractivity contribution in [1.82, 2.24) is 0 Å². The number of sulfone groups is 1. The summed E-state index contributed by atoms with van der Waals surface area (Å²) in [5, 5.41) is 2.78. The fraction of sp³-hybridized carbons (Fsp3) is 0.381. The average Bonchev–Trinajstić information content (AvgIpc) is 2.98. The number of ether oxygens (including phenoxy) is 1. The van der Waals surface area contributed by atoms with Gasteiger partial charge >= 0.3 is 0 Å². The molecular formula is C21H23NO4S. The second-order valence-corrected chi connectivity index (χ2v) is 9.33. The van der Waals surface area contributed by atoms with E-state index >= 15 is 0 Å². The minimum Gasteiger partial charge on any atom is -0.490 e. The van der Waals surface area contributed by atoms with Gasteiger partial charge in [-0.1, -0.05) is 12.5 Å². The molecule has 6 heteroatoms. The van der Waals surface area contributed by atoms with E-state index in [1.54, 1.807) is 30.3 Å². The molecule has 1 fully saturated rings. The molecule has 1 aliphatic heterocycles. The summed E-state index contributed by atoms with van der Waals surface area (Å²) < 4.78 is 30.1. The maximum atomic E-state index is 12.5. The minimum absolute atomic E-state index is 0.141. The lowest BCUT2D eigenvalue weighted by Gasteiger charge is -2.23. The SMILES string of the molecule is O=C(Nc1ccc2c(c1)S(=O)(=O)CC2)c1ccc(OC2CCCCC2)cc1. The number of rotatable bonds is 4. The topological polar surface area (TPSA) is 72.5 Å². The molecule has 27 heavy (non-hydrogen) atoms. The maximum Gasteiger partial charge on any atom is 0.255 e. The molecular weight excluding hydrogens is 362 g/mol. The molecule has 0 saturated heterocycles. The number of benzene rings is 2. The van der Waals surface area contributed by atoms with Gasteiger partial charge in [0.25, 0.3) is 5.91 Å². The smallest absolute Gasteiger partial charge is 0.255 e. The molecule has 1 aliphatic carbocycles. The van der Waals surface area contributed by atoms with Crippen molar-refractivity contribution in [3.05, 3.63) is 53.6 Å². The molecule has 2 aromatic carbocycles. The maximum absolute atomic E-state index is 12.5. The van der Waals surface area contributed by atoms with Gasteiger partial charge < -0.3 is 10.1 Å². The quantitative estimate of drug-likeness (QED) is 0.864. The minimum atomic E-state index is -3.22. The van der Waals surface area contributed by atoms with Gasteiger partial charge in [-0.3, -0.25) is 4.79 Å². The molecule has 1 heterocycles. The number of carbonyl (C=O) groups is 1. The van der Waals surface area contributed by atoms with E-state index in [1.807, 2.05) is 12.1 Å². The Morgan fingerprint density at radius 1 is 1.00 bits per heavy atom. The van der Waals surface area contributed by atoms with Gasteiger partial charge in [-0.15, -0.1) is 0 Å². The fourth-order valence-corrected chi connectivity index (χ4v) is 5.33. The molecule has 0 bridgehead atoms. The highest BCUT2D eigenvalue weighted by Crippen LogP contribution is 2.29. The predicted octanol–water partition coefficient (Wildman–Crippen LogP) is 3.98. The summed E-state index contributed by atoms with van der Waals surface area (Å²) in [6, 6.07) is 12.2. The van der Waals surface area contributed by atoms with Crippen molar-refractivity contribution in [1.29, 1.82) is 0 Å². The van der Waals surface area contributed by atoms with Crippen molar-refractivity contribution in [3.8, 4) is 5.75 Å². The molecule has 1 N–H and O–H groups in total. The zero-order valence-electron chi connectivity index (χ0n) is 15.1. The molecule has 5 nitrogen and oxygen atoms in total. The van der Waals surface area contributed by atoms with E-state index in [-0.39, 0.29) is 17.8 Å². The second kappa shape index (κ2) is 7.35. The van der Waals surface area contributed by atoms with Crippen LogP contribution in [0.3, 0.4) is 0 Å². The lowest BCUT2D eigenvalue weighted by Crippen LogP contribution is -2.19. The summed E-state index contributed by atoms with van der Waals surface area (Å²) in [5.74, 6) is 0.652. The van der Waals surface area contributed by atoms with Crippen LogP contribution >= 0.6 is 0 Å². The standard InChI is InChI=1S/C21H23NO4S/c23-21(22-17-9-6-15-12-13-27(24,25)20(15)14-17)16-7-10-19(11-8-16)26-18-4-2-1-3-5-18/h6-11,14,18H,1-5,12-13H2,(H,22,23). The predicted molar refractivity (Wildman–Crippen MR) is 104 cm³/mol. The number of amides is 1. The Kier molecular flexibility index (Phi) is 4.91. The van der Waals surface area contributed by atoms with Gasteiger partial charge in [-0.2, -0.15) is 0 Å². The van der Waals surface area contributed by atoms with Gasteiger partial charge in [-0.25, -0.2) is 8.42 Å². The third kappa shape index (κ3) is 4.00. The van der Waals surface area contributed by atoms with Crippen molar-refractivity contribution in [3.63, 3.8) is 0 Å². The van der Waals surface area contributed by atoms with Crippen LogP contribution in [-0.4, -0.2) is 26.2 Å². The van der Waals surface area contributed by atoms with Crippen molar-refractivity contribution >= 4 is 21.4 Å². The van der Waals surface area contributed by atoms with Crippen molar-refractivity contribution in [2.75, 3.05) is 11.1 Å². The largest absolute Gasteiger partial charge is 0.490 e. The highest BCUT2D eigenvalue weighted by molar-refractivity contribution is 7.91. The molecule has 0 radical (unpaired) electrons. The van der Waals surface area contributed by atoms with E-state index in [2.05, 4.69) is 5.32 Å². The number of fused-ring (bicyclic) bond motifs is 1. The van der Waals surface area contributed by atoms with Crippen LogP contribution in [0.4, 0.5) is 5.69 Å². The summed E-state index contributed by atoms with van der Waals surface area (Å²) in [6.07, 6.45) is 6.68. The van der Waals surface area contributed by atoms with E-state index in [1.165, 1.54) is 19.3 Å². The molecule has 142 valence electrons. The van der Waals surface area contributed by atoms with Crippen LogP contribution in [-0.2, 0) is 16.3 Å². The van der Waals surface area contributed by atoms with Gasteiger partial charge in [0.05, 0.1) is 16.8 Å². The van der Waals surface area contributed by atoms with Gasteiger partial charge in [0.2, 0.25) is 0 Å². The van der Waals surface area contributed by atoms with Crippen LogP contribution in [0.15, 0.2) is 47.4 Å². The first-order chi connectivity index (χ1) is 13.0.